The van der Waals surface area contributed by atoms with E-state index in [4.69, 9.17) is 4.74 Å². The first-order valence-corrected chi connectivity index (χ1v) is 9.25. The normalized spacial score (nSPS) is 11.0. The van der Waals surface area contributed by atoms with Gasteiger partial charge in [-0.1, -0.05) is 72.8 Å². The van der Waals surface area contributed by atoms with Gasteiger partial charge in [0.15, 0.2) is 0 Å². The van der Waals surface area contributed by atoms with Crippen molar-refractivity contribution in [3.05, 3.63) is 84.9 Å². The molecule has 0 spiro atoms. The second-order valence-corrected chi connectivity index (χ2v) is 7.89. The standard InChI is InChI=1S/C21H21OP/c1-17(2)22-18-10-9-15-21(16-18)23(19-11-5-3-6-12-19)20-13-7-4-8-14-20/h3-17H,1-2H3. The van der Waals surface area contributed by atoms with Crippen LogP contribution in [0, 0.1) is 0 Å². The van der Waals surface area contributed by atoms with Crippen LogP contribution >= 0.6 is 7.92 Å². The lowest BCUT2D eigenvalue weighted by Gasteiger charge is -2.20. The van der Waals surface area contributed by atoms with Gasteiger partial charge in [-0.3, -0.25) is 0 Å². The van der Waals surface area contributed by atoms with Crippen LogP contribution in [0.15, 0.2) is 84.9 Å². The largest absolute Gasteiger partial charge is 0.491 e. The summed E-state index contributed by atoms with van der Waals surface area (Å²) in [7, 11) is -0.567. The number of hydrogen-bond donors (Lipinski definition) is 0. The molecule has 0 bridgehead atoms. The minimum Gasteiger partial charge on any atom is -0.491 e. The highest BCUT2D eigenvalue weighted by Crippen LogP contribution is 2.33. The SMILES string of the molecule is CC(C)Oc1cccc(P(c2ccccc2)c2ccccc2)c1. The third kappa shape index (κ3) is 4.00. The smallest absolute Gasteiger partial charge is 0.120 e. The minimum absolute atomic E-state index is 0.185. The van der Waals surface area contributed by atoms with Gasteiger partial charge in [-0.25, -0.2) is 0 Å². The summed E-state index contributed by atoms with van der Waals surface area (Å²) in [6, 6.07) is 30.0. The first-order valence-electron chi connectivity index (χ1n) is 7.91. The van der Waals surface area contributed by atoms with Crippen molar-refractivity contribution < 1.29 is 4.74 Å². The lowest BCUT2D eigenvalue weighted by atomic mass is 10.3. The van der Waals surface area contributed by atoms with Gasteiger partial charge in [0, 0.05) is 0 Å². The van der Waals surface area contributed by atoms with Crippen LogP contribution in [0.25, 0.3) is 0 Å². The molecule has 0 N–H and O–H groups in total. The van der Waals surface area contributed by atoms with Crippen molar-refractivity contribution in [3.63, 3.8) is 0 Å². The van der Waals surface area contributed by atoms with Gasteiger partial charge < -0.3 is 4.74 Å². The van der Waals surface area contributed by atoms with Gasteiger partial charge >= 0.3 is 0 Å². The average molecular weight is 320 g/mol. The van der Waals surface area contributed by atoms with E-state index in [1.807, 2.05) is 6.07 Å². The van der Waals surface area contributed by atoms with Crippen LogP contribution < -0.4 is 20.7 Å². The molecule has 3 rings (SSSR count). The van der Waals surface area contributed by atoms with E-state index >= 15 is 0 Å². The third-order valence-electron chi connectivity index (χ3n) is 3.48. The molecule has 0 unspecified atom stereocenters. The van der Waals surface area contributed by atoms with E-state index < -0.39 is 7.92 Å². The highest BCUT2D eigenvalue weighted by molar-refractivity contribution is 7.79. The Labute approximate surface area is 139 Å². The maximum Gasteiger partial charge on any atom is 0.120 e. The van der Waals surface area contributed by atoms with E-state index in [0.717, 1.165) is 5.75 Å². The van der Waals surface area contributed by atoms with Crippen LogP contribution in [0.2, 0.25) is 0 Å². The molecule has 2 heteroatoms. The molecule has 0 saturated carbocycles. The van der Waals surface area contributed by atoms with Gasteiger partial charge in [-0.15, -0.1) is 0 Å². The van der Waals surface area contributed by atoms with Gasteiger partial charge in [0.05, 0.1) is 6.10 Å². The predicted molar refractivity (Wildman–Crippen MR) is 101 cm³/mol. The van der Waals surface area contributed by atoms with Crippen LogP contribution in [-0.4, -0.2) is 6.10 Å². The zero-order chi connectivity index (χ0) is 16.1. The lowest BCUT2D eigenvalue weighted by molar-refractivity contribution is 0.242. The van der Waals surface area contributed by atoms with E-state index in [0.29, 0.717) is 0 Å². The zero-order valence-electron chi connectivity index (χ0n) is 13.5. The van der Waals surface area contributed by atoms with Crippen LogP contribution in [-0.2, 0) is 0 Å². The Balaban J connectivity index is 2.06. The molecule has 116 valence electrons. The molecule has 3 aromatic rings. The third-order valence-corrected chi connectivity index (χ3v) is 5.90. The van der Waals surface area contributed by atoms with Crippen molar-refractivity contribution in [3.8, 4) is 5.75 Å². The number of benzene rings is 3. The number of hydrogen-bond acceptors (Lipinski definition) is 1. The van der Waals surface area contributed by atoms with Gasteiger partial charge in [-0.05, 0) is 49.8 Å². The Morgan fingerprint density at radius 3 is 1.70 bits per heavy atom. The molecule has 0 aliphatic heterocycles. The van der Waals surface area contributed by atoms with Gasteiger partial charge in [0.1, 0.15) is 5.75 Å². The molecule has 0 amide bonds. The quantitative estimate of drug-likeness (QED) is 0.639. The predicted octanol–water partition coefficient (Wildman–Crippen LogP) is 4.23. The summed E-state index contributed by atoms with van der Waals surface area (Å²) in [6.07, 6.45) is 0.185. The highest BCUT2D eigenvalue weighted by Gasteiger charge is 2.16. The summed E-state index contributed by atoms with van der Waals surface area (Å²) in [4.78, 5) is 0. The minimum atomic E-state index is -0.567. The van der Waals surface area contributed by atoms with E-state index in [1.54, 1.807) is 0 Å². The molecular formula is C21H21OP. The summed E-state index contributed by atoms with van der Waals surface area (Å²) in [6.45, 7) is 4.12. The Morgan fingerprint density at radius 2 is 1.17 bits per heavy atom. The summed E-state index contributed by atoms with van der Waals surface area (Å²) >= 11 is 0. The van der Waals surface area contributed by atoms with Crippen molar-refractivity contribution >= 4 is 23.8 Å². The molecule has 0 fully saturated rings. The average Bonchev–Trinajstić information content (AvgIpc) is 2.57. The maximum absolute atomic E-state index is 5.89. The van der Waals surface area contributed by atoms with Crippen molar-refractivity contribution in [1.82, 2.24) is 0 Å². The molecule has 0 heterocycles. The lowest BCUT2D eigenvalue weighted by Crippen LogP contribution is -2.20. The fourth-order valence-corrected chi connectivity index (χ4v) is 4.90. The molecule has 0 aliphatic carbocycles. The Hall–Kier alpha value is -2.11. The van der Waals surface area contributed by atoms with Crippen LogP contribution in [0.5, 0.6) is 5.75 Å². The summed E-state index contributed by atoms with van der Waals surface area (Å²) < 4.78 is 5.89. The van der Waals surface area contributed by atoms with Crippen LogP contribution in [0.4, 0.5) is 0 Å². The van der Waals surface area contributed by atoms with Crippen LogP contribution in [0.1, 0.15) is 13.8 Å². The van der Waals surface area contributed by atoms with Crippen molar-refractivity contribution in [2.24, 2.45) is 0 Å². The second-order valence-electron chi connectivity index (χ2n) is 5.67. The molecular weight excluding hydrogens is 299 g/mol. The number of ether oxygens (including phenoxy) is 1. The topological polar surface area (TPSA) is 9.23 Å². The Kier molecular flexibility index (Phi) is 5.10. The first kappa shape index (κ1) is 15.8. The fraction of sp³-hybridized carbons (Fsp3) is 0.143. The monoisotopic (exact) mass is 320 g/mol. The zero-order valence-corrected chi connectivity index (χ0v) is 14.4. The fourth-order valence-electron chi connectivity index (χ4n) is 2.57. The van der Waals surface area contributed by atoms with E-state index in [9.17, 15) is 0 Å². The van der Waals surface area contributed by atoms with Gasteiger partial charge in [0.25, 0.3) is 0 Å². The molecule has 0 aliphatic rings. The molecule has 0 atom stereocenters. The Morgan fingerprint density at radius 1 is 0.652 bits per heavy atom. The summed E-state index contributed by atoms with van der Waals surface area (Å²) in [5.41, 5.74) is 0. The van der Waals surface area contributed by atoms with Gasteiger partial charge in [0.2, 0.25) is 0 Å². The highest BCUT2D eigenvalue weighted by atomic mass is 31.1. The number of rotatable bonds is 5. The molecule has 3 aromatic carbocycles. The Bertz CT molecular complexity index is 699. The second kappa shape index (κ2) is 7.44. The van der Waals surface area contributed by atoms with Gasteiger partial charge in [-0.2, -0.15) is 0 Å². The maximum atomic E-state index is 5.89. The first-order chi connectivity index (χ1) is 11.2. The van der Waals surface area contributed by atoms with E-state index in [2.05, 4.69) is 92.7 Å². The van der Waals surface area contributed by atoms with Crippen LogP contribution in [0.3, 0.4) is 0 Å². The van der Waals surface area contributed by atoms with E-state index in [1.165, 1.54) is 15.9 Å². The summed E-state index contributed by atoms with van der Waals surface area (Å²) in [5.74, 6) is 0.942. The molecule has 0 saturated heterocycles. The molecule has 1 nitrogen and oxygen atoms in total. The molecule has 0 aromatic heterocycles. The van der Waals surface area contributed by atoms with Crippen molar-refractivity contribution in [1.29, 1.82) is 0 Å². The van der Waals surface area contributed by atoms with E-state index in [-0.39, 0.29) is 6.10 Å². The molecule has 0 radical (unpaired) electrons. The van der Waals surface area contributed by atoms with Crippen molar-refractivity contribution in [2.75, 3.05) is 0 Å². The summed E-state index contributed by atoms with van der Waals surface area (Å²) in [5, 5.41) is 4.03. The molecule has 23 heavy (non-hydrogen) atoms. The van der Waals surface area contributed by atoms with Crippen molar-refractivity contribution in [2.45, 2.75) is 20.0 Å².